The van der Waals surface area contributed by atoms with Crippen LogP contribution in [0.2, 0.25) is 0 Å². The Balaban J connectivity index is 1.58. The molecule has 0 saturated carbocycles. The van der Waals surface area contributed by atoms with Gasteiger partial charge in [0.15, 0.2) is 0 Å². The van der Waals surface area contributed by atoms with Gasteiger partial charge in [-0.2, -0.15) is 0 Å². The van der Waals surface area contributed by atoms with Crippen LogP contribution in [-0.2, 0) is 0 Å². The van der Waals surface area contributed by atoms with E-state index in [0.717, 1.165) is 30.0 Å². The van der Waals surface area contributed by atoms with Crippen molar-refractivity contribution in [1.82, 2.24) is 9.80 Å². The summed E-state index contributed by atoms with van der Waals surface area (Å²) in [5.41, 5.74) is 0. The molecule has 0 aromatic rings. The monoisotopic (exact) mass is 248 g/mol. The van der Waals surface area contributed by atoms with Crippen molar-refractivity contribution in [2.45, 2.75) is 70.0 Å². The lowest BCUT2D eigenvalue weighted by Gasteiger charge is -2.58. The van der Waals surface area contributed by atoms with Crippen LogP contribution >= 0.6 is 0 Å². The van der Waals surface area contributed by atoms with Crippen molar-refractivity contribution in [3.8, 4) is 0 Å². The summed E-state index contributed by atoms with van der Waals surface area (Å²) in [6.45, 7) is 6.73. The van der Waals surface area contributed by atoms with E-state index < -0.39 is 0 Å². The van der Waals surface area contributed by atoms with Gasteiger partial charge in [-0.05, 0) is 57.4 Å². The Morgan fingerprint density at radius 3 is 2.61 bits per heavy atom. The maximum Gasteiger partial charge on any atom is 0.0139 e. The van der Waals surface area contributed by atoms with E-state index in [1.165, 1.54) is 58.2 Å². The predicted molar refractivity (Wildman–Crippen MR) is 74.6 cm³/mol. The van der Waals surface area contributed by atoms with Crippen molar-refractivity contribution in [3.63, 3.8) is 0 Å². The smallest absolute Gasteiger partial charge is 0.0139 e. The molecule has 102 valence electrons. The molecule has 5 atom stereocenters. The second-order valence-corrected chi connectivity index (χ2v) is 7.36. The van der Waals surface area contributed by atoms with Crippen LogP contribution in [0.15, 0.2) is 0 Å². The maximum absolute atomic E-state index is 2.91. The SMILES string of the molecule is CC1CCC[C@@H]2[C@H]3C[C@@H](CN12)[C@@H]1CCCCN1C3. The van der Waals surface area contributed by atoms with E-state index in [-0.39, 0.29) is 0 Å². The van der Waals surface area contributed by atoms with Crippen LogP contribution in [0.3, 0.4) is 0 Å². The van der Waals surface area contributed by atoms with E-state index in [1.54, 1.807) is 6.42 Å². The Morgan fingerprint density at radius 2 is 1.67 bits per heavy atom. The highest BCUT2D eigenvalue weighted by Crippen LogP contribution is 2.43. The second kappa shape index (κ2) is 4.49. The van der Waals surface area contributed by atoms with Crippen molar-refractivity contribution in [2.24, 2.45) is 11.8 Å². The van der Waals surface area contributed by atoms with Crippen molar-refractivity contribution < 1.29 is 0 Å². The minimum absolute atomic E-state index is 0.865. The summed E-state index contributed by atoms with van der Waals surface area (Å²) in [5.74, 6) is 2.00. The van der Waals surface area contributed by atoms with Crippen molar-refractivity contribution >= 4 is 0 Å². The van der Waals surface area contributed by atoms with E-state index in [9.17, 15) is 0 Å². The Morgan fingerprint density at radius 1 is 0.833 bits per heavy atom. The van der Waals surface area contributed by atoms with Crippen LogP contribution in [0.25, 0.3) is 0 Å². The highest BCUT2D eigenvalue weighted by Gasteiger charge is 2.47. The third kappa shape index (κ3) is 1.76. The van der Waals surface area contributed by atoms with E-state index in [4.69, 9.17) is 0 Å². The molecule has 4 fully saturated rings. The van der Waals surface area contributed by atoms with Gasteiger partial charge in [0.1, 0.15) is 0 Å². The summed E-state index contributed by atoms with van der Waals surface area (Å²) >= 11 is 0. The third-order valence-electron chi connectivity index (χ3n) is 6.39. The molecule has 4 aliphatic heterocycles. The molecule has 18 heavy (non-hydrogen) atoms. The highest BCUT2D eigenvalue weighted by atomic mass is 15.3. The molecule has 1 unspecified atom stereocenters. The molecule has 4 aliphatic rings. The van der Waals surface area contributed by atoms with Crippen LogP contribution in [0.4, 0.5) is 0 Å². The maximum atomic E-state index is 2.91. The number of hydrogen-bond acceptors (Lipinski definition) is 2. The fourth-order valence-electron chi connectivity index (χ4n) is 5.55. The van der Waals surface area contributed by atoms with Gasteiger partial charge in [-0.1, -0.05) is 12.8 Å². The summed E-state index contributed by atoms with van der Waals surface area (Å²) in [4.78, 5) is 5.78. The van der Waals surface area contributed by atoms with E-state index >= 15 is 0 Å². The van der Waals surface area contributed by atoms with Gasteiger partial charge in [0.05, 0.1) is 0 Å². The standard InChI is InChI=1S/C16H28N2/c1-12-5-4-7-16-13-9-14(11-18(12)16)15-6-2-3-8-17(15)10-13/h12-16H,2-11H2,1H3/t12?,13-,14-,15-,16+/m0/s1. The van der Waals surface area contributed by atoms with Crippen LogP contribution in [-0.4, -0.2) is 47.6 Å². The molecule has 4 saturated heterocycles. The average molecular weight is 248 g/mol. The molecule has 2 heteroatoms. The summed E-state index contributed by atoms with van der Waals surface area (Å²) in [7, 11) is 0. The number of nitrogens with zero attached hydrogens (tertiary/aromatic N) is 2. The molecular weight excluding hydrogens is 220 g/mol. The van der Waals surface area contributed by atoms with Gasteiger partial charge < -0.3 is 0 Å². The zero-order chi connectivity index (χ0) is 12.1. The molecule has 4 heterocycles. The molecular formula is C16H28N2. The number of piperidine rings is 4. The predicted octanol–water partition coefficient (Wildman–Crippen LogP) is 2.73. The molecule has 0 aromatic carbocycles. The number of rotatable bonds is 0. The van der Waals surface area contributed by atoms with Crippen molar-refractivity contribution in [1.29, 1.82) is 0 Å². The topological polar surface area (TPSA) is 6.48 Å². The van der Waals surface area contributed by atoms with E-state index in [2.05, 4.69) is 16.7 Å². The number of hydrogen-bond donors (Lipinski definition) is 0. The Labute approximate surface area is 112 Å². The summed E-state index contributed by atoms with van der Waals surface area (Å²) in [5, 5.41) is 0. The Bertz CT molecular complexity index is 316. The van der Waals surface area contributed by atoms with Crippen LogP contribution in [0, 0.1) is 11.8 Å². The van der Waals surface area contributed by atoms with Crippen molar-refractivity contribution in [2.75, 3.05) is 19.6 Å². The molecule has 2 bridgehead atoms. The molecule has 4 rings (SSSR count). The molecule has 0 N–H and O–H groups in total. The van der Waals surface area contributed by atoms with Gasteiger partial charge >= 0.3 is 0 Å². The van der Waals surface area contributed by atoms with Crippen LogP contribution in [0.5, 0.6) is 0 Å². The molecule has 2 nitrogen and oxygen atoms in total. The van der Waals surface area contributed by atoms with E-state index in [1.807, 2.05) is 0 Å². The van der Waals surface area contributed by atoms with Gasteiger partial charge in [0.2, 0.25) is 0 Å². The fraction of sp³-hybridized carbons (Fsp3) is 1.00. The summed E-state index contributed by atoms with van der Waals surface area (Å²) in [6.07, 6.45) is 10.4. The van der Waals surface area contributed by atoms with Gasteiger partial charge in [-0.3, -0.25) is 9.80 Å². The van der Waals surface area contributed by atoms with E-state index in [0.29, 0.717) is 0 Å². The lowest BCUT2D eigenvalue weighted by molar-refractivity contribution is -0.0871. The van der Waals surface area contributed by atoms with Gasteiger partial charge in [0, 0.05) is 31.2 Å². The lowest BCUT2D eigenvalue weighted by Crippen LogP contribution is -2.64. The second-order valence-electron chi connectivity index (χ2n) is 7.36. The largest absolute Gasteiger partial charge is 0.300 e. The quantitative estimate of drug-likeness (QED) is 0.650. The van der Waals surface area contributed by atoms with Crippen molar-refractivity contribution in [3.05, 3.63) is 0 Å². The minimum Gasteiger partial charge on any atom is -0.300 e. The zero-order valence-corrected chi connectivity index (χ0v) is 11.9. The summed E-state index contributed by atoms with van der Waals surface area (Å²) < 4.78 is 0. The van der Waals surface area contributed by atoms with Gasteiger partial charge in [-0.15, -0.1) is 0 Å². The first-order chi connectivity index (χ1) is 8.83. The first-order valence-electron chi connectivity index (χ1n) is 8.33. The average Bonchev–Trinajstić information content (AvgIpc) is 2.40. The third-order valence-corrected chi connectivity index (χ3v) is 6.39. The molecule has 0 aliphatic carbocycles. The molecule has 0 spiro atoms. The Hall–Kier alpha value is -0.0800. The van der Waals surface area contributed by atoms with Crippen LogP contribution < -0.4 is 0 Å². The first-order valence-corrected chi connectivity index (χ1v) is 8.33. The normalized spacial score (nSPS) is 49.5. The molecule has 0 aromatic heterocycles. The van der Waals surface area contributed by atoms with Gasteiger partial charge in [0.25, 0.3) is 0 Å². The molecule has 0 amide bonds. The minimum atomic E-state index is 0.865. The Kier molecular flexibility index (Phi) is 2.92. The fourth-order valence-corrected chi connectivity index (χ4v) is 5.55. The number of fused-ring (bicyclic) bond motifs is 6. The lowest BCUT2D eigenvalue weighted by atomic mass is 9.70. The first kappa shape index (κ1) is 11.7. The summed E-state index contributed by atoms with van der Waals surface area (Å²) in [6, 6.07) is 2.75. The zero-order valence-electron chi connectivity index (χ0n) is 11.9. The highest BCUT2D eigenvalue weighted by molar-refractivity contribution is 5.02. The molecule has 0 radical (unpaired) electrons. The van der Waals surface area contributed by atoms with Crippen LogP contribution in [0.1, 0.15) is 51.9 Å². The van der Waals surface area contributed by atoms with Gasteiger partial charge in [-0.25, -0.2) is 0 Å².